The molecule has 2 fully saturated rings. The topological polar surface area (TPSA) is 133 Å². The van der Waals surface area contributed by atoms with Gasteiger partial charge in [-0.2, -0.15) is 0 Å². The molecule has 6 rings (SSSR count). The number of carboxylic acids is 1. The Kier molecular flexibility index (Phi) is 9.42. The maximum atomic E-state index is 15.2. The number of aryl methyl sites for hydroxylation is 2. The predicted octanol–water partition coefficient (Wildman–Crippen LogP) is 4.24. The first-order chi connectivity index (χ1) is 22.6. The molecule has 0 unspecified atom stereocenters. The summed E-state index contributed by atoms with van der Waals surface area (Å²) in [4.78, 5) is 57.1. The standard InChI is InChI=1S/C35H41FN6O5/c1-3-23-16-25(7-6-22(23)2)37-31-19-32(43)41(35(47)38-31)11-5-4-10-39-12-14-40(15-13-39)20-24-17-30-27(18-29(24)36)33(44)28(34(45)46)21-42(30)26-8-9-26/h6-7,16-19,21,26,37H,3-5,8-15,20H2,1-2H3,(H,38,47)(H,45,46). The molecule has 1 aliphatic carbocycles. The van der Waals surface area contributed by atoms with Crippen LogP contribution < -0.4 is 22.0 Å². The Labute approximate surface area is 271 Å². The number of aromatic carboxylic acids is 1. The van der Waals surface area contributed by atoms with E-state index in [1.54, 1.807) is 6.07 Å². The van der Waals surface area contributed by atoms with Crippen molar-refractivity contribution in [2.45, 2.75) is 65.1 Å². The van der Waals surface area contributed by atoms with Gasteiger partial charge in [0.15, 0.2) is 0 Å². The molecule has 2 aromatic carbocycles. The Bertz CT molecular complexity index is 1960. The average molecular weight is 645 g/mol. The van der Waals surface area contributed by atoms with Crippen LogP contribution in [0.25, 0.3) is 10.9 Å². The van der Waals surface area contributed by atoms with E-state index >= 15 is 4.39 Å². The van der Waals surface area contributed by atoms with Gasteiger partial charge >= 0.3 is 11.7 Å². The molecule has 3 N–H and O–H groups in total. The largest absolute Gasteiger partial charge is 0.477 e. The van der Waals surface area contributed by atoms with Crippen molar-refractivity contribution < 1.29 is 14.3 Å². The zero-order valence-electron chi connectivity index (χ0n) is 26.9. The molecule has 0 bridgehead atoms. The molecule has 1 saturated carbocycles. The first-order valence-electron chi connectivity index (χ1n) is 16.4. The number of H-pyrrole nitrogens is 1. The van der Waals surface area contributed by atoms with Crippen LogP contribution >= 0.6 is 0 Å². The molecular formula is C35H41FN6O5. The van der Waals surface area contributed by atoms with E-state index in [1.807, 2.05) is 22.8 Å². The van der Waals surface area contributed by atoms with Crippen molar-refractivity contribution in [2.75, 3.05) is 38.0 Å². The number of hydrogen-bond donors (Lipinski definition) is 3. The number of aromatic amines is 1. The van der Waals surface area contributed by atoms with Gasteiger partial charge < -0.3 is 19.9 Å². The highest BCUT2D eigenvalue weighted by Crippen LogP contribution is 2.37. The number of fused-ring (bicyclic) bond motifs is 1. The fourth-order valence-electron chi connectivity index (χ4n) is 6.44. The lowest BCUT2D eigenvalue weighted by atomic mass is 10.1. The van der Waals surface area contributed by atoms with Crippen LogP contribution in [0.3, 0.4) is 0 Å². The summed E-state index contributed by atoms with van der Waals surface area (Å²) in [5, 5.41) is 12.7. The van der Waals surface area contributed by atoms with E-state index in [-0.39, 0.29) is 22.6 Å². The number of anilines is 2. The number of hydrogen-bond acceptors (Lipinski definition) is 7. The van der Waals surface area contributed by atoms with Crippen molar-refractivity contribution in [3.05, 3.63) is 102 Å². The first kappa shape index (κ1) is 32.4. The van der Waals surface area contributed by atoms with Crippen LogP contribution in [0.15, 0.2) is 57.0 Å². The van der Waals surface area contributed by atoms with E-state index < -0.39 is 22.9 Å². The van der Waals surface area contributed by atoms with Gasteiger partial charge in [0.2, 0.25) is 5.43 Å². The third-order valence-electron chi connectivity index (χ3n) is 9.37. The van der Waals surface area contributed by atoms with Crippen molar-refractivity contribution >= 4 is 28.4 Å². The van der Waals surface area contributed by atoms with Gasteiger partial charge in [-0.3, -0.25) is 24.0 Å². The SMILES string of the molecule is CCc1cc(Nc2cc(=O)n(CCCCN3CCN(Cc4cc5c(cc4F)c(=O)c(C(=O)O)cn5C4CC4)CC3)c(=O)[nH]2)ccc1C. The minimum atomic E-state index is -1.30. The minimum Gasteiger partial charge on any atom is -0.477 e. The number of halogens is 1. The number of nitrogens with one attached hydrogen (secondary N) is 2. The molecule has 0 spiro atoms. The number of pyridine rings is 1. The predicted molar refractivity (Wildman–Crippen MR) is 180 cm³/mol. The summed E-state index contributed by atoms with van der Waals surface area (Å²) in [6.07, 6.45) is 5.60. The summed E-state index contributed by atoms with van der Waals surface area (Å²) < 4.78 is 18.2. The van der Waals surface area contributed by atoms with Crippen LogP contribution in [0.2, 0.25) is 0 Å². The van der Waals surface area contributed by atoms with E-state index in [0.717, 1.165) is 64.1 Å². The maximum Gasteiger partial charge on any atom is 0.341 e. The summed E-state index contributed by atoms with van der Waals surface area (Å²) >= 11 is 0. The van der Waals surface area contributed by atoms with Crippen molar-refractivity contribution in [3.63, 3.8) is 0 Å². The molecular weight excluding hydrogens is 603 g/mol. The normalized spacial score (nSPS) is 15.7. The number of benzene rings is 2. The van der Waals surface area contributed by atoms with Crippen LogP contribution in [-0.4, -0.2) is 67.7 Å². The Morgan fingerprint density at radius 2 is 1.70 bits per heavy atom. The molecule has 12 heteroatoms. The van der Waals surface area contributed by atoms with E-state index in [4.69, 9.17) is 0 Å². The van der Waals surface area contributed by atoms with E-state index in [2.05, 4.69) is 33.9 Å². The summed E-state index contributed by atoms with van der Waals surface area (Å²) in [5.74, 6) is -1.44. The molecule has 11 nitrogen and oxygen atoms in total. The number of aromatic nitrogens is 3. The van der Waals surface area contributed by atoms with E-state index in [9.17, 15) is 24.3 Å². The Morgan fingerprint density at radius 3 is 2.38 bits per heavy atom. The fraction of sp³-hybridized carbons (Fsp3) is 0.429. The number of unbranched alkanes of at least 4 members (excludes halogenated alkanes) is 1. The maximum absolute atomic E-state index is 15.2. The number of piperazine rings is 1. The molecule has 1 aliphatic heterocycles. The summed E-state index contributed by atoms with van der Waals surface area (Å²) in [5.41, 5.74) is 2.52. The van der Waals surface area contributed by atoms with Crippen molar-refractivity contribution in [1.82, 2.24) is 23.9 Å². The number of carboxylic acid groups (broad SMARTS) is 1. The van der Waals surface area contributed by atoms with Crippen LogP contribution in [0.5, 0.6) is 0 Å². The lowest BCUT2D eigenvalue weighted by molar-refractivity contribution is 0.0694. The molecule has 2 aromatic heterocycles. The van der Waals surface area contributed by atoms with E-state index in [1.165, 1.54) is 34.0 Å². The highest BCUT2D eigenvalue weighted by Gasteiger charge is 2.28. The van der Waals surface area contributed by atoms with Crippen molar-refractivity contribution in [3.8, 4) is 0 Å². The van der Waals surface area contributed by atoms with Gasteiger partial charge in [-0.1, -0.05) is 13.0 Å². The Hall–Kier alpha value is -4.55. The lowest BCUT2D eigenvalue weighted by Gasteiger charge is -2.34. The molecule has 0 atom stereocenters. The lowest BCUT2D eigenvalue weighted by Crippen LogP contribution is -2.46. The number of nitrogens with zero attached hydrogens (tertiary/aromatic N) is 4. The van der Waals surface area contributed by atoms with Gasteiger partial charge in [0, 0.05) is 74.2 Å². The zero-order valence-corrected chi connectivity index (χ0v) is 26.9. The van der Waals surface area contributed by atoms with Crippen molar-refractivity contribution in [2.24, 2.45) is 0 Å². The van der Waals surface area contributed by atoms with Crippen LogP contribution in [0, 0.1) is 12.7 Å². The third-order valence-corrected chi connectivity index (χ3v) is 9.37. The van der Waals surface area contributed by atoms with E-state index in [0.29, 0.717) is 36.4 Å². The van der Waals surface area contributed by atoms with Gasteiger partial charge in [0.25, 0.3) is 5.56 Å². The highest BCUT2D eigenvalue weighted by atomic mass is 19.1. The second kappa shape index (κ2) is 13.7. The van der Waals surface area contributed by atoms with Crippen LogP contribution in [0.1, 0.15) is 65.7 Å². The average Bonchev–Trinajstić information content (AvgIpc) is 3.88. The summed E-state index contributed by atoms with van der Waals surface area (Å²) in [6, 6.07) is 10.4. The second-order valence-corrected chi connectivity index (χ2v) is 12.7. The minimum absolute atomic E-state index is 0.104. The van der Waals surface area contributed by atoms with Gasteiger partial charge in [0.05, 0.1) is 5.52 Å². The molecule has 0 radical (unpaired) electrons. The molecule has 3 heterocycles. The molecule has 248 valence electrons. The molecule has 0 amide bonds. The molecule has 4 aromatic rings. The van der Waals surface area contributed by atoms with Crippen molar-refractivity contribution in [1.29, 1.82) is 0 Å². The van der Waals surface area contributed by atoms with Gasteiger partial charge in [-0.15, -0.1) is 0 Å². The molecule has 2 aliphatic rings. The zero-order chi connectivity index (χ0) is 33.2. The van der Waals surface area contributed by atoms with Crippen LogP contribution in [0.4, 0.5) is 15.9 Å². The monoisotopic (exact) mass is 644 g/mol. The van der Waals surface area contributed by atoms with Gasteiger partial charge in [-0.05, 0) is 81.0 Å². The van der Waals surface area contributed by atoms with Gasteiger partial charge in [-0.25, -0.2) is 14.0 Å². The van der Waals surface area contributed by atoms with Crippen LogP contribution in [-0.2, 0) is 19.5 Å². The quantitative estimate of drug-likeness (QED) is 0.195. The summed E-state index contributed by atoms with van der Waals surface area (Å²) in [6.45, 7) is 8.82. The molecule has 47 heavy (non-hydrogen) atoms. The first-order valence-corrected chi connectivity index (χ1v) is 16.4. The Balaban J connectivity index is 1.00. The number of rotatable bonds is 12. The third kappa shape index (κ3) is 7.23. The smallest absolute Gasteiger partial charge is 0.341 e. The molecule has 1 saturated heterocycles. The number of carbonyl (C=O) groups is 1. The van der Waals surface area contributed by atoms with Gasteiger partial charge in [0.1, 0.15) is 17.2 Å². The Morgan fingerprint density at radius 1 is 0.979 bits per heavy atom. The summed E-state index contributed by atoms with van der Waals surface area (Å²) in [7, 11) is 0. The second-order valence-electron chi connectivity index (χ2n) is 12.7. The fourth-order valence-corrected chi connectivity index (χ4v) is 6.44. The highest BCUT2D eigenvalue weighted by molar-refractivity contribution is 5.92.